The highest BCUT2D eigenvalue weighted by Gasteiger charge is 2.30. The average Bonchev–Trinajstić information content (AvgIpc) is 3.23. The number of esters is 1. The number of likely N-dealkylation sites (N-methyl/N-ethyl adjacent to an activating group) is 1. The summed E-state index contributed by atoms with van der Waals surface area (Å²) in [6.45, 7) is 15.4. The van der Waals surface area contributed by atoms with E-state index in [2.05, 4.69) is 23.8 Å². The van der Waals surface area contributed by atoms with E-state index in [0.29, 0.717) is 30.7 Å². The number of nitrogens with one attached hydrogen (secondary N) is 2. The summed E-state index contributed by atoms with van der Waals surface area (Å²) in [6.07, 6.45) is 1.37. The van der Waals surface area contributed by atoms with Gasteiger partial charge in [0.2, 0.25) is 0 Å². The molecule has 0 fully saturated rings. The lowest BCUT2D eigenvalue weighted by atomic mass is 9.97. The van der Waals surface area contributed by atoms with E-state index in [1.54, 1.807) is 13.1 Å². The molecule has 0 saturated carbocycles. The molecule has 198 valence electrons. The van der Waals surface area contributed by atoms with E-state index >= 15 is 0 Å². The Kier molecular flexibility index (Phi) is 12.0. The molecule has 2 aromatic rings. The first-order chi connectivity index (χ1) is 17.4. The normalized spacial score (nSPS) is 11.5. The molecule has 1 amide bonds. The van der Waals surface area contributed by atoms with Gasteiger partial charge in [-0.25, -0.2) is 4.79 Å². The highest BCUT2D eigenvalue weighted by Crippen LogP contribution is 2.34. The van der Waals surface area contributed by atoms with Crippen LogP contribution in [0.5, 0.6) is 0 Å². The number of carbonyl (C=O) groups is 4. The molecule has 2 N–H and O–H groups in total. The van der Waals surface area contributed by atoms with Crippen LogP contribution in [0.1, 0.15) is 43.6 Å². The second-order valence-corrected chi connectivity index (χ2v) is 9.26. The summed E-state index contributed by atoms with van der Waals surface area (Å²) in [5.74, 6) is -0.548. The molecule has 8 heteroatoms. The number of fused-ring (bicyclic) bond motifs is 1. The molecule has 0 atom stereocenters. The van der Waals surface area contributed by atoms with Crippen LogP contribution in [0.25, 0.3) is 11.1 Å². The number of amides is 1. The van der Waals surface area contributed by atoms with Gasteiger partial charge < -0.3 is 25.1 Å². The van der Waals surface area contributed by atoms with Gasteiger partial charge in [-0.2, -0.15) is 0 Å². The summed E-state index contributed by atoms with van der Waals surface area (Å²) in [6, 6.07) is 13.7. The van der Waals surface area contributed by atoms with Crippen LogP contribution >= 0.6 is 0 Å². The first-order valence-corrected chi connectivity index (χ1v) is 11.7. The van der Waals surface area contributed by atoms with Gasteiger partial charge in [0.25, 0.3) is 5.91 Å². The molecular weight excluding hydrogens is 470 g/mol. The monoisotopic (exact) mass is 507 g/mol. The smallest absolute Gasteiger partial charge is 0.353 e. The largest absolute Gasteiger partial charge is 0.460 e. The number of allylic oxidation sites excluding steroid dienone is 1. The number of benzene rings is 2. The van der Waals surface area contributed by atoms with Crippen LogP contribution in [0.15, 0.2) is 67.0 Å². The Hall–Kier alpha value is -4.20. The van der Waals surface area contributed by atoms with E-state index in [1.807, 2.05) is 64.2 Å². The van der Waals surface area contributed by atoms with E-state index in [4.69, 9.17) is 9.53 Å². The molecule has 37 heavy (non-hydrogen) atoms. The number of nitrogens with zero attached hydrogens (tertiary/aromatic N) is 1. The molecule has 1 heterocycles. The number of ether oxygens (including phenoxy) is 1. The van der Waals surface area contributed by atoms with Gasteiger partial charge >= 0.3 is 5.97 Å². The Bertz CT molecular complexity index is 1130. The van der Waals surface area contributed by atoms with E-state index in [0.717, 1.165) is 28.7 Å². The molecule has 1 aliphatic heterocycles. The third kappa shape index (κ3) is 9.07. The van der Waals surface area contributed by atoms with Crippen molar-refractivity contribution < 1.29 is 23.9 Å². The van der Waals surface area contributed by atoms with Crippen LogP contribution in [0, 0.1) is 5.41 Å². The van der Waals surface area contributed by atoms with Crippen molar-refractivity contribution in [2.24, 2.45) is 5.41 Å². The molecule has 0 spiro atoms. The number of hydrogen-bond acceptors (Lipinski definition) is 7. The SMILES string of the molecule is C=C(C=O)N1Cc2c(cccc2-c2ccc(NC)cc2)C1=O.C=C(NC)C(=O)OCC(C)(C)C.CC=O. The molecule has 0 radical (unpaired) electrons. The van der Waals surface area contributed by atoms with Crippen molar-refractivity contribution in [2.75, 3.05) is 26.0 Å². The molecule has 0 unspecified atom stereocenters. The minimum absolute atomic E-state index is 0.00365. The predicted octanol–water partition coefficient (Wildman–Crippen LogP) is 4.58. The van der Waals surface area contributed by atoms with Crippen molar-refractivity contribution in [3.63, 3.8) is 0 Å². The Balaban J connectivity index is 0.000000388. The van der Waals surface area contributed by atoms with Gasteiger partial charge in [0.05, 0.1) is 18.8 Å². The minimum atomic E-state index is -0.382. The third-order valence-electron chi connectivity index (χ3n) is 5.12. The highest BCUT2D eigenvalue weighted by atomic mass is 16.5. The van der Waals surface area contributed by atoms with E-state index in [-0.39, 0.29) is 23.0 Å². The molecular formula is C29H37N3O5. The van der Waals surface area contributed by atoms with Crippen LogP contribution in [-0.2, 0) is 25.7 Å². The average molecular weight is 508 g/mol. The van der Waals surface area contributed by atoms with Gasteiger partial charge in [0.15, 0.2) is 6.29 Å². The minimum Gasteiger partial charge on any atom is -0.460 e. The van der Waals surface area contributed by atoms with Crippen LogP contribution in [0.2, 0.25) is 0 Å². The van der Waals surface area contributed by atoms with Gasteiger partial charge in [0.1, 0.15) is 12.0 Å². The maximum absolute atomic E-state index is 12.4. The van der Waals surface area contributed by atoms with E-state index < -0.39 is 0 Å². The molecule has 0 bridgehead atoms. The number of carbonyl (C=O) groups excluding carboxylic acids is 4. The van der Waals surface area contributed by atoms with E-state index in [9.17, 15) is 14.4 Å². The lowest BCUT2D eigenvalue weighted by Gasteiger charge is -2.18. The Morgan fingerprint density at radius 3 is 2.11 bits per heavy atom. The van der Waals surface area contributed by atoms with Gasteiger partial charge in [-0.05, 0) is 47.2 Å². The zero-order valence-electron chi connectivity index (χ0n) is 22.5. The fourth-order valence-electron chi connectivity index (χ4n) is 3.19. The fourth-order valence-corrected chi connectivity index (χ4v) is 3.19. The van der Waals surface area contributed by atoms with Crippen LogP contribution in [-0.4, -0.2) is 50.1 Å². The first kappa shape index (κ1) is 30.8. The number of rotatable bonds is 7. The predicted molar refractivity (Wildman–Crippen MR) is 147 cm³/mol. The Morgan fingerprint density at radius 2 is 1.62 bits per heavy atom. The van der Waals surface area contributed by atoms with Crippen molar-refractivity contribution in [1.82, 2.24) is 10.2 Å². The quantitative estimate of drug-likeness (QED) is 0.321. The van der Waals surface area contributed by atoms with Crippen molar-refractivity contribution >= 4 is 30.1 Å². The molecule has 0 saturated heterocycles. The van der Waals surface area contributed by atoms with Gasteiger partial charge in [-0.1, -0.05) is 58.2 Å². The Labute approximate surface area is 219 Å². The second-order valence-electron chi connectivity index (χ2n) is 9.26. The summed E-state index contributed by atoms with van der Waals surface area (Å²) in [5.41, 5.74) is 5.15. The van der Waals surface area contributed by atoms with Gasteiger partial charge in [0, 0.05) is 25.3 Å². The molecule has 0 aliphatic carbocycles. The maximum atomic E-state index is 12.4. The standard InChI is InChI=1S/C18H16N2O2.C9H17NO2.C2H4O/c1-12(11-21)20-10-17-15(4-3-5-16(17)18(20)22)13-6-8-14(19-2)9-7-13;1-7(10-5)8(11)12-6-9(2,3)4;1-2-3/h3-9,11,19H,1,10H2,2H3;10H,1,6H2,2-5H3;2H,1H3. The number of anilines is 1. The fraction of sp³-hybridized carbons (Fsp3) is 0.310. The van der Waals surface area contributed by atoms with Crippen molar-refractivity contribution in [2.45, 2.75) is 34.2 Å². The topological polar surface area (TPSA) is 105 Å². The van der Waals surface area contributed by atoms with Gasteiger partial charge in [-0.3, -0.25) is 9.59 Å². The molecule has 1 aliphatic rings. The summed E-state index contributed by atoms with van der Waals surface area (Å²) in [7, 11) is 3.51. The van der Waals surface area contributed by atoms with Crippen molar-refractivity contribution in [1.29, 1.82) is 0 Å². The van der Waals surface area contributed by atoms with Crippen LogP contribution in [0.3, 0.4) is 0 Å². The second kappa shape index (κ2) is 14.4. The lowest BCUT2D eigenvalue weighted by Crippen LogP contribution is -2.23. The zero-order valence-corrected chi connectivity index (χ0v) is 22.5. The van der Waals surface area contributed by atoms with Crippen molar-refractivity contribution in [3.8, 4) is 11.1 Å². The Morgan fingerprint density at radius 1 is 1.05 bits per heavy atom. The number of aldehydes is 2. The lowest BCUT2D eigenvalue weighted by molar-refractivity contribution is -0.142. The molecule has 0 aromatic heterocycles. The summed E-state index contributed by atoms with van der Waals surface area (Å²) >= 11 is 0. The van der Waals surface area contributed by atoms with E-state index in [1.165, 1.54) is 11.8 Å². The van der Waals surface area contributed by atoms with Crippen LogP contribution in [0.4, 0.5) is 5.69 Å². The number of hydrogen-bond donors (Lipinski definition) is 2. The van der Waals surface area contributed by atoms with Crippen LogP contribution < -0.4 is 10.6 Å². The van der Waals surface area contributed by atoms with Crippen molar-refractivity contribution in [3.05, 3.63) is 78.1 Å². The summed E-state index contributed by atoms with van der Waals surface area (Å²) < 4.78 is 4.96. The third-order valence-corrected chi connectivity index (χ3v) is 5.12. The molecule has 3 rings (SSSR count). The zero-order chi connectivity index (χ0) is 28.2. The molecule has 8 nitrogen and oxygen atoms in total. The summed E-state index contributed by atoms with van der Waals surface area (Å²) in [4.78, 5) is 44.6. The van der Waals surface area contributed by atoms with Gasteiger partial charge in [-0.15, -0.1) is 0 Å². The maximum Gasteiger partial charge on any atom is 0.353 e. The highest BCUT2D eigenvalue weighted by molar-refractivity contribution is 6.03. The molecule has 2 aromatic carbocycles. The summed E-state index contributed by atoms with van der Waals surface area (Å²) in [5, 5.41) is 5.71. The first-order valence-electron chi connectivity index (χ1n) is 11.7.